The Balaban J connectivity index is 1.06. The van der Waals surface area contributed by atoms with Gasteiger partial charge in [-0.25, -0.2) is 0 Å². The Morgan fingerprint density at radius 2 is 1.06 bits per heavy atom. The van der Waals surface area contributed by atoms with E-state index in [1.807, 2.05) is 60.8 Å². The van der Waals surface area contributed by atoms with Gasteiger partial charge in [0.2, 0.25) is 0 Å². The van der Waals surface area contributed by atoms with E-state index >= 15 is 0 Å². The van der Waals surface area contributed by atoms with Gasteiger partial charge in [-0.15, -0.1) is 0 Å². The van der Waals surface area contributed by atoms with Gasteiger partial charge in [-0.2, -0.15) is 0 Å². The molecule has 0 aliphatic rings. The van der Waals surface area contributed by atoms with Gasteiger partial charge < -0.3 is 15.3 Å². The molecule has 0 atom stereocenters. The number of benzene rings is 7. The molecular formula is C47H35N3. The molecule has 1 heterocycles. The molecule has 0 spiro atoms. The van der Waals surface area contributed by atoms with Gasteiger partial charge in [0.1, 0.15) is 0 Å². The molecule has 0 radical (unpaired) electrons. The monoisotopic (exact) mass is 641 g/mol. The number of nitrogens with one attached hydrogen (secondary N) is 2. The van der Waals surface area contributed by atoms with Gasteiger partial charge in [-0.05, 0) is 88.0 Å². The van der Waals surface area contributed by atoms with Gasteiger partial charge in [-0.1, -0.05) is 140 Å². The van der Waals surface area contributed by atoms with Crippen LogP contribution in [0.25, 0.3) is 60.9 Å². The van der Waals surface area contributed by atoms with Crippen LogP contribution in [0.3, 0.4) is 0 Å². The molecule has 0 saturated carbocycles. The number of para-hydroxylation sites is 2. The summed E-state index contributed by atoms with van der Waals surface area (Å²) < 4.78 is 2.35. The van der Waals surface area contributed by atoms with E-state index in [4.69, 9.17) is 5.41 Å². The van der Waals surface area contributed by atoms with Gasteiger partial charge in [0.15, 0.2) is 0 Å². The first-order chi connectivity index (χ1) is 24.7. The second-order valence-corrected chi connectivity index (χ2v) is 12.3. The van der Waals surface area contributed by atoms with Crippen molar-refractivity contribution in [3.63, 3.8) is 0 Å². The first-order valence-corrected chi connectivity index (χ1v) is 16.9. The second kappa shape index (κ2) is 13.8. The number of hydrogen-bond donors (Lipinski definition) is 2. The summed E-state index contributed by atoms with van der Waals surface area (Å²) in [7, 11) is 0. The summed E-state index contributed by atoms with van der Waals surface area (Å²) in [6.07, 6.45) is 7.58. The van der Waals surface area contributed by atoms with E-state index in [-0.39, 0.29) is 0 Å². The number of aromatic nitrogens is 1. The predicted octanol–water partition coefficient (Wildman–Crippen LogP) is 12.3. The third-order valence-corrected chi connectivity index (χ3v) is 9.14. The largest absolute Gasteiger partial charge is 0.361 e. The third kappa shape index (κ3) is 6.16. The molecule has 2 N–H and O–H groups in total. The molecule has 0 amide bonds. The summed E-state index contributed by atoms with van der Waals surface area (Å²) in [4.78, 5) is 0. The highest BCUT2D eigenvalue weighted by atomic mass is 15.0. The van der Waals surface area contributed by atoms with E-state index in [0.717, 1.165) is 39.2 Å². The van der Waals surface area contributed by atoms with Crippen molar-refractivity contribution in [1.29, 1.82) is 5.41 Å². The van der Waals surface area contributed by atoms with E-state index in [9.17, 15) is 0 Å². The molecule has 1 aromatic heterocycles. The van der Waals surface area contributed by atoms with Crippen LogP contribution in [0.5, 0.6) is 0 Å². The standard InChI is InChI=1S/C47H35N3/c48-44(37-25-23-35(24-26-37)34-14-4-1-5-15-34)21-12-13-31-49-45-29-27-38(32-42(45)36-16-6-2-7-17-36)39-28-30-47-43(33-39)41-20-10-11-22-46(41)50(47)40-18-8-3-9-19-40/h1-33,48-49H/b21-12-,31-13+,48-44?. The normalized spacial score (nSPS) is 11.5. The number of hydrogen-bond acceptors (Lipinski definition) is 2. The number of rotatable bonds is 9. The van der Waals surface area contributed by atoms with Crippen molar-refractivity contribution in [2.45, 2.75) is 0 Å². The number of nitrogens with zero attached hydrogens (tertiary/aromatic N) is 1. The minimum absolute atomic E-state index is 0.465. The first-order valence-electron chi connectivity index (χ1n) is 16.9. The fourth-order valence-corrected chi connectivity index (χ4v) is 6.63. The van der Waals surface area contributed by atoms with Crippen LogP contribution in [-0.4, -0.2) is 10.3 Å². The van der Waals surface area contributed by atoms with Gasteiger partial charge in [0, 0.05) is 33.9 Å². The summed E-state index contributed by atoms with van der Waals surface area (Å²) in [6.45, 7) is 0. The highest BCUT2D eigenvalue weighted by Gasteiger charge is 2.14. The molecule has 0 fully saturated rings. The van der Waals surface area contributed by atoms with Crippen molar-refractivity contribution in [3.8, 4) is 39.1 Å². The Kier molecular flexibility index (Phi) is 8.45. The van der Waals surface area contributed by atoms with Crippen LogP contribution >= 0.6 is 0 Å². The average Bonchev–Trinajstić information content (AvgIpc) is 3.52. The van der Waals surface area contributed by atoms with Crippen molar-refractivity contribution in [2.24, 2.45) is 0 Å². The minimum Gasteiger partial charge on any atom is -0.361 e. The maximum atomic E-state index is 8.55. The van der Waals surface area contributed by atoms with Gasteiger partial charge in [0.25, 0.3) is 0 Å². The zero-order chi connectivity index (χ0) is 33.7. The summed E-state index contributed by atoms with van der Waals surface area (Å²) >= 11 is 0. The molecule has 0 unspecified atom stereocenters. The van der Waals surface area contributed by atoms with Crippen molar-refractivity contribution >= 4 is 33.2 Å². The minimum atomic E-state index is 0.465. The molecule has 0 aliphatic carbocycles. The lowest BCUT2D eigenvalue weighted by Gasteiger charge is -2.13. The third-order valence-electron chi connectivity index (χ3n) is 9.14. The molecule has 0 saturated heterocycles. The molecular weight excluding hydrogens is 607 g/mol. The molecule has 8 rings (SSSR count). The molecule has 8 aromatic rings. The molecule has 3 heteroatoms. The Labute approximate surface area is 292 Å². The summed E-state index contributed by atoms with van der Waals surface area (Å²) in [5, 5.41) is 14.5. The van der Waals surface area contributed by atoms with E-state index in [1.54, 1.807) is 0 Å². The van der Waals surface area contributed by atoms with Gasteiger partial charge in [-0.3, -0.25) is 0 Å². The Morgan fingerprint density at radius 3 is 1.82 bits per heavy atom. The topological polar surface area (TPSA) is 40.8 Å². The van der Waals surface area contributed by atoms with Crippen LogP contribution in [-0.2, 0) is 0 Å². The van der Waals surface area contributed by atoms with Gasteiger partial charge >= 0.3 is 0 Å². The van der Waals surface area contributed by atoms with Crippen LogP contribution in [0.4, 0.5) is 5.69 Å². The van der Waals surface area contributed by atoms with Crippen LogP contribution in [0.15, 0.2) is 200 Å². The van der Waals surface area contributed by atoms with Crippen molar-refractivity contribution in [2.75, 3.05) is 5.32 Å². The first kappa shape index (κ1) is 30.6. The lowest BCUT2D eigenvalue weighted by molar-refractivity contribution is 1.18. The van der Waals surface area contributed by atoms with Gasteiger partial charge in [0.05, 0.1) is 16.7 Å². The fourth-order valence-electron chi connectivity index (χ4n) is 6.63. The lowest BCUT2D eigenvalue weighted by Crippen LogP contribution is -1.94. The van der Waals surface area contributed by atoms with E-state index in [1.165, 1.54) is 32.9 Å². The van der Waals surface area contributed by atoms with E-state index in [2.05, 4.69) is 149 Å². The van der Waals surface area contributed by atoms with E-state index in [0.29, 0.717) is 5.71 Å². The maximum absolute atomic E-state index is 8.55. The average molecular weight is 642 g/mol. The molecule has 3 nitrogen and oxygen atoms in total. The quantitative estimate of drug-likeness (QED) is 0.119. The number of anilines is 1. The Morgan fingerprint density at radius 1 is 0.480 bits per heavy atom. The number of fused-ring (bicyclic) bond motifs is 3. The maximum Gasteiger partial charge on any atom is 0.0612 e. The van der Waals surface area contributed by atoms with Crippen molar-refractivity contribution < 1.29 is 0 Å². The lowest BCUT2D eigenvalue weighted by atomic mass is 9.96. The molecule has 0 aliphatic heterocycles. The smallest absolute Gasteiger partial charge is 0.0612 e. The summed E-state index contributed by atoms with van der Waals surface area (Å²) in [6, 6.07) is 61.6. The van der Waals surface area contributed by atoms with E-state index < -0.39 is 0 Å². The molecule has 50 heavy (non-hydrogen) atoms. The molecule has 0 bridgehead atoms. The molecule has 238 valence electrons. The highest BCUT2D eigenvalue weighted by molar-refractivity contribution is 6.10. The van der Waals surface area contributed by atoms with Crippen LogP contribution < -0.4 is 5.32 Å². The Hall–Kier alpha value is -6.71. The molecule has 7 aromatic carbocycles. The zero-order valence-corrected chi connectivity index (χ0v) is 27.5. The SMILES string of the molecule is N=C(/C=C\C=C\Nc1ccc(-c2ccc3c(c2)c2ccccc2n3-c2ccccc2)cc1-c1ccccc1)c1ccc(-c2ccccc2)cc1. The summed E-state index contributed by atoms with van der Waals surface area (Å²) in [5.41, 5.74) is 12.8. The number of allylic oxidation sites excluding steroid dienone is 3. The van der Waals surface area contributed by atoms with Crippen LogP contribution in [0, 0.1) is 5.41 Å². The predicted molar refractivity (Wildman–Crippen MR) is 212 cm³/mol. The zero-order valence-electron chi connectivity index (χ0n) is 27.5. The van der Waals surface area contributed by atoms with Crippen LogP contribution in [0.1, 0.15) is 5.56 Å². The summed E-state index contributed by atoms with van der Waals surface area (Å²) in [5.74, 6) is 0. The van der Waals surface area contributed by atoms with Crippen molar-refractivity contribution in [3.05, 3.63) is 206 Å². The Bertz CT molecular complexity index is 2490. The second-order valence-electron chi connectivity index (χ2n) is 12.3. The fraction of sp³-hybridized carbons (Fsp3) is 0. The highest BCUT2D eigenvalue weighted by Crippen LogP contribution is 2.37. The van der Waals surface area contributed by atoms with Crippen LogP contribution in [0.2, 0.25) is 0 Å². The van der Waals surface area contributed by atoms with Crippen molar-refractivity contribution in [1.82, 2.24) is 4.57 Å².